The molecule has 1 amide bonds. The zero-order chi connectivity index (χ0) is 10.8. The van der Waals surface area contributed by atoms with Crippen LogP contribution in [0.3, 0.4) is 0 Å². The highest BCUT2D eigenvalue weighted by molar-refractivity contribution is 6.43. The Morgan fingerprint density at radius 1 is 1.27 bits per heavy atom. The molecule has 15 heavy (non-hydrogen) atoms. The van der Waals surface area contributed by atoms with Crippen LogP contribution >= 0.6 is 0 Å². The molecule has 0 saturated carbocycles. The van der Waals surface area contributed by atoms with E-state index < -0.39 is 5.91 Å². The van der Waals surface area contributed by atoms with E-state index >= 15 is 0 Å². The van der Waals surface area contributed by atoms with Crippen molar-refractivity contribution in [3.63, 3.8) is 0 Å². The van der Waals surface area contributed by atoms with Crippen LogP contribution in [0.15, 0.2) is 24.3 Å². The monoisotopic (exact) mass is 200 g/mol. The van der Waals surface area contributed by atoms with Crippen molar-refractivity contribution in [3.8, 4) is 6.07 Å². The average molecular weight is 200 g/mol. The molecule has 1 aromatic rings. The maximum atomic E-state index is 11.4. The molecule has 1 heterocycles. The molecular formula is C11H8N2O2. The molecule has 0 radical (unpaired) electrons. The van der Waals surface area contributed by atoms with E-state index in [-0.39, 0.29) is 12.2 Å². The Morgan fingerprint density at radius 2 is 2.00 bits per heavy atom. The lowest BCUT2D eigenvalue weighted by molar-refractivity contribution is -0.133. The summed E-state index contributed by atoms with van der Waals surface area (Å²) in [6, 6.07) is 8.78. The van der Waals surface area contributed by atoms with Crippen LogP contribution in [0, 0.1) is 11.3 Å². The highest BCUT2D eigenvalue weighted by Crippen LogP contribution is 2.23. The fraction of sp³-hybridized carbons (Fsp3) is 0.182. The molecule has 2 rings (SSSR count). The summed E-state index contributed by atoms with van der Waals surface area (Å²) in [5.74, 6) is -0.902. The fourth-order valence-corrected chi connectivity index (χ4v) is 1.61. The van der Waals surface area contributed by atoms with Crippen molar-refractivity contribution in [2.75, 3.05) is 11.4 Å². The van der Waals surface area contributed by atoms with E-state index in [2.05, 4.69) is 0 Å². The Hall–Kier alpha value is -2.15. The first-order valence-corrected chi connectivity index (χ1v) is 4.58. The van der Waals surface area contributed by atoms with Crippen LogP contribution in [-0.2, 0) is 9.59 Å². The zero-order valence-electron chi connectivity index (χ0n) is 7.93. The normalized spacial score (nSPS) is 15.5. The summed E-state index contributed by atoms with van der Waals surface area (Å²) in [7, 11) is 0. The summed E-state index contributed by atoms with van der Waals surface area (Å²) in [5.41, 5.74) is 0.941. The van der Waals surface area contributed by atoms with Crippen molar-refractivity contribution in [3.05, 3.63) is 29.8 Å². The van der Waals surface area contributed by atoms with Gasteiger partial charge in [-0.3, -0.25) is 9.59 Å². The number of rotatable bonds is 1. The molecule has 4 nitrogen and oxygen atoms in total. The van der Waals surface area contributed by atoms with Gasteiger partial charge in [-0.15, -0.1) is 0 Å². The van der Waals surface area contributed by atoms with E-state index in [4.69, 9.17) is 5.26 Å². The minimum absolute atomic E-state index is 0.235. The minimum atomic E-state index is -0.516. The molecule has 74 valence electrons. The summed E-state index contributed by atoms with van der Waals surface area (Å²) < 4.78 is 0. The Morgan fingerprint density at radius 3 is 2.60 bits per heavy atom. The number of nitrogens with zero attached hydrogens (tertiary/aromatic N) is 2. The van der Waals surface area contributed by atoms with Gasteiger partial charge in [0.1, 0.15) is 6.07 Å². The number of ketones is 1. The van der Waals surface area contributed by atoms with Gasteiger partial charge in [-0.25, -0.2) is 0 Å². The number of Topliss-reactive ketones (excluding diaryl/α,β-unsaturated/α-hetero) is 1. The van der Waals surface area contributed by atoms with E-state index in [1.807, 2.05) is 6.07 Å². The van der Waals surface area contributed by atoms with Crippen LogP contribution in [0.1, 0.15) is 12.0 Å². The maximum absolute atomic E-state index is 11.4. The van der Waals surface area contributed by atoms with E-state index in [0.717, 1.165) is 0 Å². The summed E-state index contributed by atoms with van der Waals surface area (Å²) in [5, 5.41) is 8.86. The number of amides is 1. The van der Waals surface area contributed by atoms with Crippen molar-refractivity contribution < 1.29 is 9.59 Å². The SMILES string of the molecule is N#Cc1ccccc1N1CCC(=O)C1=O. The number of nitriles is 1. The topological polar surface area (TPSA) is 61.2 Å². The molecule has 0 aliphatic carbocycles. The van der Waals surface area contributed by atoms with Gasteiger partial charge in [0.2, 0.25) is 5.78 Å². The summed E-state index contributed by atoms with van der Waals surface area (Å²) >= 11 is 0. The Balaban J connectivity index is 2.43. The number of carbonyl (C=O) groups excluding carboxylic acids is 2. The smallest absolute Gasteiger partial charge is 0.294 e. The van der Waals surface area contributed by atoms with Crippen molar-refractivity contribution >= 4 is 17.4 Å². The Bertz CT molecular complexity index is 474. The highest BCUT2D eigenvalue weighted by atomic mass is 16.2. The molecule has 1 fully saturated rings. The van der Waals surface area contributed by atoms with Gasteiger partial charge in [0.25, 0.3) is 5.91 Å². The summed E-state index contributed by atoms with van der Waals surface area (Å²) in [6.07, 6.45) is 0.235. The zero-order valence-corrected chi connectivity index (χ0v) is 7.93. The molecule has 0 bridgehead atoms. The molecule has 0 spiro atoms. The van der Waals surface area contributed by atoms with E-state index in [9.17, 15) is 9.59 Å². The first kappa shape index (κ1) is 9.41. The van der Waals surface area contributed by atoms with Gasteiger partial charge < -0.3 is 4.90 Å². The number of hydrogen-bond acceptors (Lipinski definition) is 3. The molecule has 1 aliphatic rings. The lowest BCUT2D eigenvalue weighted by Crippen LogP contribution is -2.27. The molecule has 0 atom stereocenters. The van der Waals surface area contributed by atoms with Crippen molar-refractivity contribution in [2.24, 2.45) is 0 Å². The fourth-order valence-electron chi connectivity index (χ4n) is 1.61. The predicted molar refractivity (Wildman–Crippen MR) is 53.1 cm³/mol. The van der Waals surface area contributed by atoms with Crippen LogP contribution in [-0.4, -0.2) is 18.2 Å². The highest BCUT2D eigenvalue weighted by Gasteiger charge is 2.31. The lowest BCUT2D eigenvalue weighted by atomic mass is 10.2. The van der Waals surface area contributed by atoms with Gasteiger partial charge in [0.05, 0.1) is 11.3 Å². The molecule has 1 aromatic carbocycles. The first-order chi connectivity index (χ1) is 7.24. The van der Waals surface area contributed by atoms with E-state index in [1.54, 1.807) is 24.3 Å². The van der Waals surface area contributed by atoms with Crippen LogP contribution < -0.4 is 4.90 Å². The van der Waals surface area contributed by atoms with Crippen LogP contribution in [0.5, 0.6) is 0 Å². The van der Waals surface area contributed by atoms with Crippen molar-refractivity contribution in [2.45, 2.75) is 6.42 Å². The largest absolute Gasteiger partial charge is 0.304 e. The van der Waals surface area contributed by atoms with Crippen molar-refractivity contribution in [1.82, 2.24) is 0 Å². The number of benzene rings is 1. The second-order valence-electron chi connectivity index (χ2n) is 3.26. The van der Waals surface area contributed by atoms with Crippen LogP contribution in [0.25, 0.3) is 0 Å². The second kappa shape index (κ2) is 3.54. The molecule has 1 aliphatic heterocycles. The molecule has 4 heteroatoms. The van der Waals surface area contributed by atoms with Gasteiger partial charge in [-0.2, -0.15) is 5.26 Å². The standard InChI is InChI=1S/C11H8N2O2/c12-7-8-3-1-2-4-9(8)13-6-5-10(14)11(13)15/h1-4H,5-6H2. The number of para-hydroxylation sites is 1. The third-order valence-electron chi connectivity index (χ3n) is 2.36. The number of carbonyl (C=O) groups is 2. The van der Waals surface area contributed by atoms with Crippen LogP contribution in [0.2, 0.25) is 0 Å². The average Bonchev–Trinajstić information content (AvgIpc) is 2.60. The number of hydrogen-bond donors (Lipinski definition) is 0. The van der Waals surface area contributed by atoms with Gasteiger partial charge in [-0.1, -0.05) is 12.1 Å². The van der Waals surface area contributed by atoms with Crippen LogP contribution in [0.4, 0.5) is 5.69 Å². The lowest BCUT2D eigenvalue weighted by Gasteiger charge is -2.15. The Labute approximate surface area is 86.7 Å². The third kappa shape index (κ3) is 1.48. The molecule has 0 unspecified atom stereocenters. The minimum Gasteiger partial charge on any atom is -0.304 e. The van der Waals surface area contributed by atoms with Gasteiger partial charge in [0.15, 0.2) is 0 Å². The molecule has 0 aromatic heterocycles. The number of anilines is 1. The third-order valence-corrected chi connectivity index (χ3v) is 2.36. The second-order valence-corrected chi connectivity index (χ2v) is 3.26. The molecule has 1 saturated heterocycles. The quantitative estimate of drug-likeness (QED) is 0.632. The van der Waals surface area contributed by atoms with Gasteiger partial charge in [-0.05, 0) is 12.1 Å². The predicted octanol–water partition coefficient (Wildman–Crippen LogP) is 0.864. The van der Waals surface area contributed by atoms with Gasteiger partial charge in [0, 0.05) is 13.0 Å². The molecule has 0 N–H and O–H groups in total. The Kier molecular flexibility index (Phi) is 2.22. The van der Waals surface area contributed by atoms with E-state index in [0.29, 0.717) is 17.8 Å². The maximum Gasteiger partial charge on any atom is 0.294 e. The summed E-state index contributed by atoms with van der Waals surface area (Å²) in [4.78, 5) is 23.9. The first-order valence-electron chi connectivity index (χ1n) is 4.58. The molecular weight excluding hydrogens is 192 g/mol. The van der Waals surface area contributed by atoms with Crippen molar-refractivity contribution in [1.29, 1.82) is 5.26 Å². The van der Waals surface area contributed by atoms with Gasteiger partial charge >= 0.3 is 0 Å². The van der Waals surface area contributed by atoms with E-state index in [1.165, 1.54) is 4.90 Å². The summed E-state index contributed by atoms with van der Waals surface area (Å²) in [6.45, 7) is 0.371.